The molecule has 0 aliphatic carbocycles. The van der Waals surface area contributed by atoms with Crippen LogP contribution in [0.5, 0.6) is 5.75 Å². The van der Waals surface area contributed by atoms with Crippen LogP contribution in [0, 0.1) is 5.41 Å². The molecule has 3 aromatic rings. The normalized spacial score (nSPS) is 11.6. The van der Waals surface area contributed by atoms with Crippen molar-refractivity contribution < 1.29 is 9.53 Å². The summed E-state index contributed by atoms with van der Waals surface area (Å²) in [4.78, 5) is 11.9. The molecule has 3 N–H and O–H groups in total. The van der Waals surface area contributed by atoms with E-state index in [-0.39, 0.29) is 17.8 Å². The van der Waals surface area contributed by atoms with Crippen LogP contribution in [-0.2, 0) is 4.79 Å². The summed E-state index contributed by atoms with van der Waals surface area (Å²) < 4.78 is 5.60. The van der Waals surface area contributed by atoms with Gasteiger partial charge in [0.1, 0.15) is 12.4 Å². The summed E-state index contributed by atoms with van der Waals surface area (Å²) in [5.74, 6) is 1.29. The Labute approximate surface area is 147 Å². The van der Waals surface area contributed by atoms with E-state index < -0.39 is 0 Å². The van der Waals surface area contributed by atoms with Gasteiger partial charge in [-0.3, -0.25) is 9.89 Å². The zero-order chi connectivity index (χ0) is 18.0. The van der Waals surface area contributed by atoms with Crippen LogP contribution in [0.15, 0.2) is 42.5 Å². The largest absolute Gasteiger partial charge is 0.486 e. The molecule has 1 aromatic heterocycles. The monoisotopic (exact) mass is 337 g/mol. The van der Waals surface area contributed by atoms with Crippen molar-refractivity contribution in [3.05, 3.63) is 42.5 Å². The fourth-order valence-corrected chi connectivity index (χ4v) is 2.76. The Kier molecular flexibility index (Phi) is 4.49. The summed E-state index contributed by atoms with van der Waals surface area (Å²) in [6.07, 6.45) is 0.511. The lowest BCUT2D eigenvalue weighted by Gasteiger charge is -2.16. The molecular weight excluding hydrogens is 314 g/mol. The van der Waals surface area contributed by atoms with Crippen molar-refractivity contribution in [3.63, 3.8) is 0 Å². The fourth-order valence-electron chi connectivity index (χ4n) is 2.76. The van der Waals surface area contributed by atoms with E-state index in [1.165, 1.54) is 0 Å². The van der Waals surface area contributed by atoms with E-state index in [2.05, 4.69) is 10.2 Å². The summed E-state index contributed by atoms with van der Waals surface area (Å²) in [7, 11) is 0. The number of benzene rings is 2. The average molecular weight is 337 g/mol. The number of carbonyl (C=O) groups is 1. The van der Waals surface area contributed by atoms with E-state index in [0.29, 0.717) is 18.0 Å². The van der Waals surface area contributed by atoms with Crippen LogP contribution in [0.1, 0.15) is 27.2 Å². The minimum absolute atomic E-state index is 0.0160. The fraction of sp³-hybridized carbons (Fsp3) is 0.300. The maximum atomic E-state index is 11.9. The number of hydrogen-bond donors (Lipinski definition) is 2. The summed E-state index contributed by atoms with van der Waals surface area (Å²) in [6.45, 7) is 6.24. The van der Waals surface area contributed by atoms with Gasteiger partial charge in [0.15, 0.2) is 11.6 Å². The number of nitrogens with zero attached hydrogens (tertiary/aromatic N) is 1. The number of hydrogen-bond acceptors (Lipinski definition) is 4. The smallest absolute Gasteiger partial charge is 0.170 e. The molecular formula is C20H23N3O2. The standard InChI is InChI=1S/C20H23N3O2/c1-20(2,3)11-15(24)12-25-16-7-4-13(5-8-16)14-6-9-18-17(10-14)19(21)23-22-18/h4-10H,11-12H2,1-3H3,(H3,21,22,23). The van der Waals surface area contributed by atoms with Gasteiger partial charge in [-0.05, 0) is 40.8 Å². The van der Waals surface area contributed by atoms with Crippen LogP contribution in [0.25, 0.3) is 22.0 Å². The van der Waals surface area contributed by atoms with Gasteiger partial charge in [-0.25, -0.2) is 0 Å². The van der Waals surface area contributed by atoms with Gasteiger partial charge in [-0.2, -0.15) is 5.10 Å². The molecule has 0 aliphatic rings. The zero-order valence-electron chi connectivity index (χ0n) is 14.8. The molecule has 0 saturated heterocycles. The first-order valence-electron chi connectivity index (χ1n) is 8.30. The molecule has 3 rings (SSSR count). The number of anilines is 1. The number of nitrogen functional groups attached to an aromatic ring is 1. The predicted octanol–water partition coefficient (Wildman–Crippen LogP) is 4.20. The number of rotatable bonds is 5. The summed E-state index contributed by atoms with van der Waals surface area (Å²) >= 11 is 0. The summed E-state index contributed by atoms with van der Waals surface area (Å²) in [6, 6.07) is 13.7. The van der Waals surface area contributed by atoms with Gasteiger partial charge in [-0.15, -0.1) is 0 Å². The van der Waals surface area contributed by atoms with Crippen molar-refractivity contribution in [1.82, 2.24) is 10.2 Å². The van der Waals surface area contributed by atoms with Crippen molar-refractivity contribution in [2.75, 3.05) is 12.3 Å². The SMILES string of the molecule is CC(C)(C)CC(=O)COc1ccc(-c2ccc3[nH]nc(N)c3c2)cc1. The number of ether oxygens (including phenoxy) is 1. The number of ketones is 1. The topological polar surface area (TPSA) is 81.0 Å². The molecule has 0 radical (unpaired) electrons. The number of aromatic amines is 1. The Bertz CT molecular complexity index is 889. The first-order valence-corrected chi connectivity index (χ1v) is 8.30. The molecule has 0 unspecified atom stereocenters. The number of Topliss-reactive ketones (excluding diaryl/α,β-unsaturated/α-hetero) is 1. The third kappa shape index (κ3) is 4.18. The highest BCUT2D eigenvalue weighted by atomic mass is 16.5. The lowest BCUT2D eigenvalue weighted by Crippen LogP contribution is -2.18. The number of fused-ring (bicyclic) bond motifs is 1. The van der Waals surface area contributed by atoms with Crippen LogP contribution >= 0.6 is 0 Å². The zero-order valence-corrected chi connectivity index (χ0v) is 14.8. The molecule has 0 amide bonds. The molecule has 5 heteroatoms. The third-order valence-corrected chi connectivity index (χ3v) is 3.91. The molecule has 1 heterocycles. The molecule has 25 heavy (non-hydrogen) atoms. The molecule has 0 aliphatic heterocycles. The second kappa shape index (κ2) is 6.59. The van der Waals surface area contributed by atoms with E-state index in [9.17, 15) is 4.79 Å². The summed E-state index contributed by atoms with van der Waals surface area (Å²) in [5, 5.41) is 7.81. The van der Waals surface area contributed by atoms with E-state index in [1.54, 1.807) is 0 Å². The van der Waals surface area contributed by atoms with Crippen molar-refractivity contribution in [2.45, 2.75) is 27.2 Å². The molecule has 2 aromatic carbocycles. The number of H-pyrrole nitrogens is 1. The Morgan fingerprint density at radius 2 is 1.80 bits per heavy atom. The Morgan fingerprint density at radius 3 is 2.48 bits per heavy atom. The Hall–Kier alpha value is -2.82. The molecule has 130 valence electrons. The van der Waals surface area contributed by atoms with E-state index in [0.717, 1.165) is 22.0 Å². The van der Waals surface area contributed by atoms with Gasteiger partial charge < -0.3 is 10.5 Å². The molecule has 5 nitrogen and oxygen atoms in total. The maximum Gasteiger partial charge on any atom is 0.170 e. The number of aromatic nitrogens is 2. The maximum absolute atomic E-state index is 11.9. The van der Waals surface area contributed by atoms with Crippen LogP contribution in [-0.4, -0.2) is 22.6 Å². The average Bonchev–Trinajstić information content (AvgIpc) is 2.93. The van der Waals surface area contributed by atoms with Gasteiger partial charge in [-0.1, -0.05) is 39.0 Å². The lowest BCUT2D eigenvalue weighted by molar-refractivity contribution is -0.122. The number of carbonyl (C=O) groups excluding carboxylic acids is 1. The summed E-state index contributed by atoms with van der Waals surface area (Å²) in [5.41, 5.74) is 8.87. The second-order valence-corrected chi connectivity index (χ2v) is 7.46. The highest BCUT2D eigenvalue weighted by Crippen LogP contribution is 2.27. The minimum Gasteiger partial charge on any atom is -0.486 e. The number of nitrogens with two attached hydrogens (primary N) is 1. The Balaban J connectivity index is 1.69. The van der Waals surface area contributed by atoms with Crippen molar-refractivity contribution >= 4 is 22.5 Å². The lowest BCUT2D eigenvalue weighted by atomic mass is 9.90. The van der Waals surface area contributed by atoms with Gasteiger partial charge in [0, 0.05) is 11.8 Å². The Morgan fingerprint density at radius 1 is 1.12 bits per heavy atom. The van der Waals surface area contributed by atoms with Crippen LogP contribution in [0.4, 0.5) is 5.82 Å². The molecule has 0 bridgehead atoms. The molecule has 0 fully saturated rings. The van der Waals surface area contributed by atoms with Gasteiger partial charge in [0.25, 0.3) is 0 Å². The van der Waals surface area contributed by atoms with Gasteiger partial charge >= 0.3 is 0 Å². The molecule has 0 saturated carbocycles. The van der Waals surface area contributed by atoms with Gasteiger partial charge in [0.05, 0.1) is 5.52 Å². The number of nitrogens with one attached hydrogen (secondary N) is 1. The third-order valence-electron chi connectivity index (χ3n) is 3.91. The highest BCUT2D eigenvalue weighted by molar-refractivity contribution is 5.92. The predicted molar refractivity (Wildman–Crippen MR) is 101 cm³/mol. The van der Waals surface area contributed by atoms with Crippen molar-refractivity contribution in [2.24, 2.45) is 5.41 Å². The van der Waals surface area contributed by atoms with Crippen LogP contribution < -0.4 is 10.5 Å². The van der Waals surface area contributed by atoms with E-state index in [1.807, 2.05) is 63.2 Å². The first kappa shape index (κ1) is 17.0. The van der Waals surface area contributed by atoms with E-state index >= 15 is 0 Å². The quantitative estimate of drug-likeness (QED) is 0.731. The minimum atomic E-state index is -0.0160. The highest BCUT2D eigenvalue weighted by Gasteiger charge is 2.16. The first-order chi connectivity index (χ1) is 11.8. The van der Waals surface area contributed by atoms with Crippen molar-refractivity contribution in [1.29, 1.82) is 0 Å². The second-order valence-electron chi connectivity index (χ2n) is 7.46. The van der Waals surface area contributed by atoms with Crippen molar-refractivity contribution in [3.8, 4) is 16.9 Å². The van der Waals surface area contributed by atoms with Crippen LogP contribution in [0.2, 0.25) is 0 Å². The van der Waals surface area contributed by atoms with Crippen LogP contribution in [0.3, 0.4) is 0 Å². The molecule has 0 spiro atoms. The molecule has 0 atom stereocenters. The van der Waals surface area contributed by atoms with Gasteiger partial charge in [0.2, 0.25) is 0 Å². The van der Waals surface area contributed by atoms with E-state index in [4.69, 9.17) is 10.5 Å².